The van der Waals surface area contributed by atoms with Crippen LogP contribution in [0.3, 0.4) is 0 Å². The normalized spacial score (nSPS) is 13.7. The van der Waals surface area contributed by atoms with Crippen LogP contribution in [0.1, 0.15) is 124 Å². The predicted molar refractivity (Wildman–Crippen MR) is 181 cm³/mol. The fourth-order valence-electron chi connectivity index (χ4n) is 3.88. The van der Waals surface area contributed by atoms with E-state index in [0.29, 0.717) is 25.0 Å². The van der Waals surface area contributed by atoms with Gasteiger partial charge in [0.2, 0.25) is 0 Å². The largest absolute Gasteiger partial charge is 0.467 e. The van der Waals surface area contributed by atoms with Gasteiger partial charge in [0, 0.05) is 12.8 Å². The molecule has 2 aromatic rings. The summed E-state index contributed by atoms with van der Waals surface area (Å²) >= 11 is 0. The highest BCUT2D eigenvalue weighted by molar-refractivity contribution is 6.74. The lowest BCUT2D eigenvalue weighted by molar-refractivity contribution is -0.148. The van der Waals surface area contributed by atoms with Crippen LogP contribution < -0.4 is 0 Å². The molecule has 0 radical (unpaired) electrons. The third-order valence-corrected chi connectivity index (χ3v) is 11.7. The molecule has 0 aromatic carbocycles. The fourth-order valence-corrected chi connectivity index (χ4v) is 5.16. The van der Waals surface area contributed by atoms with Crippen molar-refractivity contribution < 1.29 is 37.4 Å². The number of hydrogen-bond donors (Lipinski definition) is 1. The molecule has 0 saturated carbocycles. The van der Waals surface area contributed by atoms with E-state index >= 15 is 0 Å². The minimum Gasteiger partial charge on any atom is -0.467 e. The van der Waals surface area contributed by atoms with E-state index in [9.17, 15) is 14.7 Å². The predicted octanol–water partition coefficient (Wildman–Crippen LogP) is 9.79. The minimum absolute atomic E-state index is 0.0421. The molecule has 2 unspecified atom stereocenters. The average molecular weight is 647 g/mol. The van der Waals surface area contributed by atoms with E-state index in [0.717, 1.165) is 37.9 Å². The van der Waals surface area contributed by atoms with Crippen molar-refractivity contribution in [3.63, 3.8) is 0 Å². The van der Waals surface area contributed by atoms with Crippen LogP contribution >= 0.6 is 0 Å². The van der Waals surface area contributed by atoms with Crippen LogP contribution in [0.15, 0.2) is 69.9 Å². The third kappa shape index (κ3) is 18.0. The number of hydrogen-bond acceptors (Lipinski definition) is 8. The Morgan fingerprint density at radius 1 is 0.800 bits per heavy atom. The molecular formula is C36H58O8Si. The Morgan fingerprint density at radius 3 is 1.69 bits per heavy atom. The van der Waals surface area contributed by atoms with Crippen LogP contribution in [0, 0.1) is 0 Å². The van der Waals surface area contributed by atoms with Crippen molar-refractivity contribution in [2.24, 2.45) is 0 Å². The first kappa shape index (κ1) is 40.1. The van der Waals surface area contributed by atoms with Gasteiger partial charge in [0.1, 0.15) is 23.7 Å². The summed E-state index contributed by atoms with van der Waals surface area (Å²) in [5, 5.41) is 9.89. The standard InChI is InChI=1S/C21H36O4Si.C15H22O4/c1-17(2)24-20(22)15-11-9-8-10-13-19(18-14-12-16-23-18)25-26(6,7)21(3,4)5;1-12(2)19-15(17)10-6-4-3-5-8-13(16)14-9-7-11-18-14/h8,10,12,14,16-17,19H,9,11,13,15H2,1-7H3;3,5,7,9,11-13,16H,4,6,8,10H2,1-2H3/b10-8-;5-3-. The van der Waals surface area contributed by atoms with Crippen molar-refractivity contribution in [1.82, 2.24) is 0 Å². The monoisotopic (exact) mass is 646 g/mol. The summed E-state index contributed by atoms with van der Waals surface area (Å²) in [6, 6.07) is 7.39. The van der Waals surface area contributed by atoms with Gasteiger partial charge in [0.15, 0.2) is 8.32 Å². The van der Waals surface area contributed by atoms with Crippen LogP contribution in [0.4, 0.5) is 0 Å². The Bertz CT molecular complexity index is 1110. The van der Waals surface area contributed by atoms with E-state index in [-0.39, 0.29) is 35.3 Å². The summed E-state index contributed by atoms with van der Waals surface area (Å²) < 4.78 is 27.4. The number of allylic oxidation sites excluding steroid dienone is 2. The zero-order chi connectivity index (χ0) is 33.9. The average Bonchev–Trinajstić information content (AvgIpc) is 3.66. The maximum Gasteiger partial charge on any atom is 0.306 e. The van der Waals surface area contributed by atoms with E-state index in [1.807, 2.05) is 52.0 Å². The van der Waals surface area contributed by atoms with Crippen LogP contribution in [-0.4, -0.2) is 37.6 Å². The van der Waals surface area contributed by atoms with Gasteiger partial charge in [-0.3, -0.25) is 9.59 Å². The number of aliphatic hydroxyl groups is 1. The van der Waals surface area contributed by atoms with E-state index in [1.54, 1.807) is 24.7 Å². The maximum absolute atomic E-state index is 11.5. The summed E-state index contributed by atoms with van der Waals surface area (Å²) in [5.41, 5.74) is 0. The number of rotatable bonds is 18. The van der Waals surface area contributed by atoms with Gasteiger partial charge in [-0.25, -0.2) is 0 Å². The van der Waals surface area contributed by atoms with E-state index < -0.39 is 14.4 Å². The van der Waals surface area contributed by atoms with Crippen molar-refractivity contribution in [3.8, 4) is 0 Å². The van der Waals surface area contributed by atoms with Crippen molar-refractivity contribution in [3.05, 3.63) is 72.6 Å². The fraction of sp³-hybridized carbons (Fsp3) is 0.611. The first-order chi connectivity index (χ1) is 21.1. The van der Waals surface area contributed by atoms with Gasteiger partial charge in [0.05, 0.1) is 24.7 Å². The smallest absolute Gasteiger partial charge is 0.306 e. The first-order valence-electron chi connectivity index (χ1n) is 16.2. The van der Waals surface area contributed by atoms with Gasteiger partial charge in [-0.1, -0.05) is 45.1 Å². The Morgan fingerprint density at radius 2 is 1.27 bits per heavy atom. The van der Waals surface area contributed by atoms with Crippen LogP contribution in [0.5, 0.6) is 0 Å². The quantitative estimate of drug-likeness (QED) is 0.0738. The highest BCUT2D eigenvalue weighted by atomic mass is 28.4. The molecule has 9 heteroatoms. The summed E-state index contributed by atoms with van der Waals surface area (Å²) in [6.07, 6.45) is 16.0. The van der Waals surface area contributed by atoms with Gasteiger partial charge >= 0.3 is 11.9 Å². The lowest BCUT2D eigenvalue weighted by atomic mass is 10.1. The van der Waals surface area contributed by atoms with Crippen molar-refractivity contribution >= 4 is 20.3 Å². The molecule has 45 heavy (non-hydrogen) atoms. The number of aliphatic hydroxyl groups excluding tert-OH is 1. The molecule has 2 rings (SSSR count). The van der Waals surface area contributed by atoms with Crippen molar-refractivity contribution in [2.75, 3.05) is 0 Å². The molecule has 0 bridgehead atoms. The highest BCUT2D eigenvalue weighted by Crippen LogP contribution is 2.40. The molecule has 0 saturated heterocycles. The molecule has 254 valence electrons. The van der Waals surface area contributed by atoms with E-state index in [4.69, 9.17) is 22.7 Å². The van der Waals surface area contributed by atoms with Crippen molar-refractivity contribution in [2.45, 2.75) is 142 Å². The lowest BCUT2D eigenvalue weighted by Crippen LogP contribution is -2.41. The zero-order valence-electron chi connectivity index (χ0n) is 29.0. The molecule has 8 nitrogen and oxygen atoms in total. The number of carbonyl (C=O) groups is 2. The second-order valence-electron chi connectivity index (χ2n) is 13.2. The highest BCUT2D eigenvalue weighted by Gasteiger charge is 2.39. The van der Waals surface area contributed by atoms with Crippen LogP contribution in [-0.2, 0) is 23.5 Å². The Kier molecular flexibility index (Phi) is 18.7. The maximum atomic E-state index is 11.5. The molecule has 0 fully saturated rings. The van der Waals surface area contributed by atoms with Crippen molar-refractivity contribution in [1.29, 1.82) is 0 Å². The van der Waals surface area contributed by atoms with Crippen LogP contribution in [0.2, 0.25) is 18.1 Å². The third-order valence-electron chi connectivity index (χ3n) is 7.26. The molecule has 0 amide bonds. The summed E-state index contributed by atoms with van der Waals surface area (Å²) in [5.74, 6) is 1.17. The van der Waals surface area contributed by atoms with Gasteiger partial charge in [0.25, 0.3) is 0 Å². The molecule has 0 aliphatic rings. The molecule has 0 spiro atoms. The topological polar surface area (TPSA) is 108 Å². The first-order valence-corrected chi connectivity index (χ1v) is 19.1. The Labute approximate surface area is 272 Å². The second kappa shape index (κ2) is 21.0. The molecule has 2 atom stereocenters. The molecule has 2 heterocycles. The Balaban J connectivity index is 0.000000472. The lowest BCUT2D eigenvalue weighted by Gasteiger charge is -2.38. The molecular weight excluding hydrogens is 588 g/mol. The number of carbonyl (C=O) groups excluding carboxylic acids is 2. The number of furan rings is 2. The number of unbranched alkanes of at least 4 members (excludes halogenated alkanes) is 2. The van der Waals surface area contributed by atoms with Gasteiger partial charge in [-0.05, 0) is 109 Å². The van der Waals surface area contributed by atoms with Gasteiger partial charge < -0.3 is 27.8 Å². The van der Waals surface area contributed by atoms with E-state index in [2.05, 4.69) is 46.0 Å². The summed E-state index contributed by atoms with van der Waals surface area (Å²) in [6.45, 7) is 18.7. The SMILES string of the molecule is CC(C)OC(=O)CCC/C=C\CC(O)c1ccco1.CC(C)OC(=O)CCC/C=C\CC(O[Si](C)(C)C(C)(C)C)c1ccco1. The van der Waals surface area contributed by atoms with Gasteiger partial charge in [-0.2, -0.15) is 0 Å². The number of ether oxygens (including phenoxy) is 2. The molecule has 1 N–H and O–H groups in total. The summed E-state index contributed by atoms with van der Waals surface area (Å²) in [7, 11) is -1.89. The molecule has 2 aromatic heterocycles. The Hall–Kier alpha value is -2.88. The van der Waals surface area contributed by atoms with Gasteiger partial charge in [-0.15, -0.1) is 0 Å². The number of esters is 2. The molecule has 0 aliphatic carbocycles. The second-order valence-corrected chi connectivity index (χ2v) is 17.9. The molecule has 0 aliphatic heterocycles. The summed E-state index contributed by atoms with van der Waals surface area (Å²) in [4.78, 5) is 22.8. The van der Waals surface area contributed by atoms with E-state index in [1.165, 1.54) is 0 Å². The minimum atomic E-state index is -1.89. The zero-order valence-corrected chi connectivity index (χ0v) is 30.0. The van der Waals surface area contributed by atoms with Crippen LogP contribution in [0.25, 0.3) is 0 Å².